The van der Waals surface area contributed by atoms with E-state index in [1.807, 2.05) is 0 Å². The summed E-state index contributed by atoms with van der Waals surface area (Å²) < 4.78 is 20.3. The Kier molecular flexibility index (Phi) is 5.11. The first-order valence-electron chi connectivity index (χ1n) is 3.12. The number of hydrogen-bond acceptors (Lipinski definition) is 3. The molecule has 0 fully saturated rings. The number of alkyl halides is 1. The third-order valence-corrected chi connectivity index (χ3v) is 1.13. The summed E-state index contributed by atoms with van der Waals surface area (Å²) in [6.07, 6.45) is 0.180. The summed E-state index contributed by atoms with van der Waals surface area (Å²) >= 11 is 3.15. The molecule has 0 atom stereocenters. The van der Waals surface area contributed by atoms with Crippen molar-refractivity contribution in [3.05, 3.63) is 18.0 Å². The minimum atomic E-state index is 0.180. The molecule has 0 saturated heterocycles. The van der Waals surface area contributed by atoms with E-state index in [2.05, 4.69) is 25.6 Å². The van der Waals surface area contributed by atoms with Gasteiger partial charge in [0.1, 0.15) is 5.76 Å². The molecule has 0 spiro atoms. The summed E-state index contributed by atoms with van der Waals surface area (Å²) in [7, 11) is 0.750. The van der Waals surface area contributed by atoms with E-state index in [1.54, 1.807) is 6.07 Å². The largest absolute Gasteiger partial charge is 0.361 e. The minimum Gasteiger partial charge on any atom is -0.361 e. The van der Waals surface area contributed by atoms with Gasteiger partial charge in [-0.2, -0.15) is 0 Å². The van der Waals surface area contributed by atoms with Crippen molar-refractivity contribution in [1.82, 2.24) is 5.16 Å². The van der Waals surface area contributed by atoms with Crippen LogP contribution < -0.4 is 0 Å². The van der Waals surface area contributed by atoms with Crippen LogP contribution in [0.2, 0.25) is 6.82 Å². The zero-order valence-corrected chi connectivity index (χ0v) is 7.09. The summed E-state index contributed by atoms with van der Waals surface area (Å²) in [4.78, 5) is 0. The zero-order valence-electron chi connectivity index (χ0n) is 6.50. The molecule has 0 amide bonds. The number of halogens is 1. The summed E-state index contributed by atoms with van der Waals surface area (Å²) in [6.45, 7) is 1.44. The van der Waals surface area contributed by atoms with Gasteiger partial charge < -0.3 is 4.52 Å². The topological polar surface area (TPSA) is 43.1 Å². The van der Waals surface area contributed by atoms with Crippen molar-refractivity contribution in [3.63, 3.8) is 0 Å². The van der Waals surface area contributed by atoms with E-state index >= 15 is 0 Å². The average molecular weight is 205 g/mol. The fourth-order valence-corrected chi connectivity index (χ4v) is 0.537. The van der Waals surface area contributed by atoms with Gasteiger partial charge in [0, 0.05) is 6.07 Å². The first kappa shape index (κ1) is 7.66. The van der Waals surface area contributed by atoms with Crippen LogP contribution in [0, 0.1) is 0 Å². The van der Waals surface area contributed by atoms with E-state index in [-0.39, 0.29) is 6.17 Å². The molecule has 5 heteroatoms. The molecule has 0 saturated carbocycles. The Bertz CT molecular complexity index is 218. The van der Waals surface area contributed by atoms with Crippen molar-refractivity contribution in [2.24, 2.45) is 0 Å². The third-order valence-electron chi connectivity index (χ3n) is 0.573. The van der Waals surface area contributed by atoms with Crippen LogP contribution >= 0.6 is 15.9 Å². The Hall–Kier alpha value is -0.445. The zero-order chi connectivity index (χ0) is 8.69. The van der Waals surface area contributed by atoms with Gasteiger partial charge in [0.05, 0.1) is 12.9 Å². The van der Waals surface area contributed by atoms with Gasteiger partial charge in [0.2, 0.25) is 0 Å². The summed E-state index contributed by atoms with van der Waals surface area (Å²) in [5.74, 6) is 0.690. The van der Waals surface area contributed by atoms with E-state index in [4.69, 9.17) is 6.08 Å². The van der Waals surface area contributed by atoms with Gasteiger partial charge in [-0.25, -0.2) is 0 Å². The van der Waals surface area contributed by atoms with Crippen LogP contribution in [-0.4, -0.2) is 12.3 Å². The SMILES string of the molecule is CB=O.[2H]c1cc(CBr)on1. The molecule has 0 aliphatic carbocycles. The maximum Gasteiger partial charge on any atom is 0.147 e. The van der Waals surface area contributed by atoms with Crippen LogP contribution in [0.25, 0.3) is 0 Å². The minimum absolute atomic E-state index is 0.180. The Balaban J connectivity index is 0.000000292. The molecule has 10 heavy (non-hydrogen) atoms. The van der Waals surface area contributed by atoms with Gasteiger partial charge in [-0.1, -0.05) is 21.1 Å². The van der Waals surface area contributed by atoms with Crippen molar-refractivity contribution in [2.75, 3.05) is 0 Å². The monoisotopic (exact) mass is 204 g/mol. The second-order valence-corrected chi connectivity index (χ2v) is 1.85. The molecule has 0 aromatic carbocycles. The molecule has 1 rings (SSSR count). The van der Waals surface area contributed by atoms with E-state index in [0.717, 1.165) is 7.15 Å². The maximum atomic E-state index is 8.81. The van der Waals surface area contributed by atoms with Gasteiger partial charge in [0.15, 0.2) is 0 Å². The Labute approximate surface area is 69.6 Å². The fourth-order valence-electron chi connectivity index (χ4n) is 0.273. The third kappa shape index (κ3) is 4.44. The second kappa shape index (κ2) is 6.67. The molecule has 0 aliphatic rings. The van der Waals surface area contributed by atoms with Crippen molar-refractivity contribution in [3.8, 4) is 0 Å². The molecular weight excluding hydrogens is 197 g/mol. The summed E-state index contributed by atoms with van der Waals surface area (Å²) in [5.41, 5.74) is 0. The number of rotatable bonds is 1. The van der Waals surface area contributed by atoms with Crippen molar-refractivity contribution in [2.45, 2.75) is 12.2 Å². The van der Waals surface area contributed by atoms with E-state index in [0.29, 0.717) is 11.1 Å². The van der Waals surface area contributed by atoms with Crippen LogP contribution in [0.15, 0.2) is 16.8 Å². The molecular formula is C5H7BBrNO2. The van der Waals surface area contributed by atoms with Crippen molar-refractivity contribution >= 4 is 23.1 Å². The van der Waals surface area contributed by atoms with Gasteiger partial charge in [0.25, 0.3) is 0 Å². The van der Waals surface area contributed by atoms with Gasteiger partial charge in [-0.05, 0) is 0 Å². The summed E-state index contributed by atoms with van der Waals surface area (Å²) in [6, 6.07) is 1.56. The Morgan fingerprint density at radius 2 is 2.70 bits per heavy atom. The first-order valence-corrected chi connectivity index (χ1v) is 3.74. The molecule has 1 aromatic heterocycles. The van der Waals surface area contributed by atoms with Crippen LogP contribution in [0.1, 0.15) is 7.13 Å². The maximum absolute atomic E-state index is 8.81. The van der Waals surface area contributed by atoms with E-state index < -0.39 is 0 Å². The first-order chi connectivity index (χ1) is 5.24. The molecule has 1 aromatic rings. The Morgan fingerprint density at radius 1 is 2.10 bits per heavy atom. The fraction of sp³-hybridized carbons (Fsp3) is 0.400. The smallest absolute Gasteiger partial charge is 0.147 e. The molecule has 0 N–H and O–H groups in total. The Morgan fingerprint density at radius 3 is 2.90 bits per heavy atom. The summed E-state index contributed by atoms with van der Waals surface area (Å²) in [5, 5.41) is 3.97. The molecule has 0 radical (unpaired) electrons. The normalized spacial score (nSPS) is 8.80. The van der Waals surface area contributed by atoms with Gasteiger partial charge >= 0.3 is 18.7 Å². The molecule has 0 unspecified atom stereocenters. The molecule has 0 bridgehead atoms. The number of hydrogen-bond donors (Lipinski definition) is 0. The molecule has 3 nitrogen and oxygen atoms in total. The van der Waals surface area contributed by atoms with Gasteiger partial charge in [-0.3, -0.25) is 0 Å². The van der Waals surface area contributed by atoms with Crippen LogP contribution in [0.5, 0.6) is 0 Å². The quantitative estimate of drug-likeness (QED) is 0.516. The average Bonchev–Trinajstić information content (AvgIpc) is 2.37. The van der Waals surface area contributed by atoms with E-state index in [9.17, 15) is 0 Å². The molecule has 1 heterocycles. The second-order valence-electron chi connectivity index (χ2n) is 1.29. The van der Waals surface area contributed by atoms with Gasteiger partial charge in [-0.15, -0.1) is 0 Å². The number of aromatic nitrogens is 1. The van der Waals surface area contributed by atoms with E-state index in [1.165, 1.54) is 6.82 Å². The van der Waals surface area contributed by atoms with Crippen molar-refractivity contribution in [1.29, 1.82) is 0 Å². The standard InChI is InChI=1S/C4H4BrNO.CH3BO/c5-3-4-1-2-6-7-4;1-2-3/h1-2H,3H2;1H3/i2D;. The molecule has 54 valence electrons. The van der Waals surface area contributed by atoms with Crippen LogP contribution in [0.3, 0.4) is 0 Å². The van der Waals surface area contributed by atoms with Crippen LogP contribution in [0.4, 0.5) is 0 Å². The van der Waals surface area contributed by atoms with Crippen LogP contribution in [-0.2, 0) is 10.0 Å². The predicted molar refractivity (Wildman–Crippen MR) is 41.4 cm³/mol. The molecule has 0 aliphatic heterocycles. The van der Waals surface area contributed by atoms with Crippen molar-refractivity contribution < 1.29 is 10.6 Å². The number of nitrogens with zero attached hydrogens (tertiary/aromatic N) is 1. The predicted octanol–water partition coefficient (Wildman–Crippen LogP) is 1.65.